The zero-order valence-corrected chi connectivity index (χ0v) is 10.2. The van der Waals surface area contributed by atoms with Crippen LogP contribution in [-0.4, -0.2) is 20.9 Å². The summed E-state index contributed by atoms with van der Waals surface area (Å²) in [6.07, 6.45) is 2.77. The van der Waals surface area contributed by atoms with Crippen molar-refractivity contribution in [2.45, 2.75) is 46.6 Å². The monoisotopic (exact) mass is 224 g/mol. The van der Waals surface area contributed by atoms with E-state index in [0.717, 1.165) is 31.5 Å². The van der Waals surface area contributed by atoms with Gasteiger partial charge in [-0.15, -0.1) is 5.10 Å². The Hall–Kier alpha value is -1.39. The largest absolute Gasteiger partial charge is 0.364 e. The lowest BCUT2D eigenvalue weighted by atomic mass is 10.1. The van der Waals surface area contributed by atoms with Crippen molar-refractivity contribution in [3.05, 3.63) is 11.4 Å². The van der Waals surface area contributed by atoms with Crippen LogP contribution in [-0.2, 0) is 13.0 Å². The van der Waals surface area contributed by atoms with Crippen LogP contribution in [0.15, 0.2) is 0 Å². The number of carbonyl (C=O) groups is 1. The van der Waals surface area contributed by atoms with Gasteiger partial charge in [0.1, 0.15) is 0 Å². The number of carbonyl (C=O) groups excluding carboxylic acids is 1. The van der Waals surface area contributed by atoms with Crippen LogP contribution < -0.4 is 5.73 Å². The van der Waals surface area contributed by atoms with E-state index in [1.54, 1.807) is 0 Å². The average Bonchev–Trinajstić information content (AvgIpc) is 2.59. The van der Waals surface area contributed by atoms with Gasteiger partial charge in [0, 0.05) is 6.54 Å². The molecular formula is C11H20N4O. The van der Waals surface area contributed by atoms with Crippen LogP contribution in [0.1, 0.15) is 49.8 Å². The van der Waals surface area contributed by atoms with Crippen molar-refractivity contribution in [1.82, 2.24) is 15.0 Å². The molecule has 0 aromatic carbocycles. The summed E-state index contributed by atoms with van der Waals surface area (Å²) < 4.78 is 1.81. The molecule has 0 saturated carbocycles. The summed E-state index contributed by atoms with van der Waals surface area (Å²) in [5, 5.41) is 7.84. The summed E-state index contributed by atoms with van der Waals surface area (Å²) >= 11 is 0. The molecule has 1 aromatic heterocycles. The molecule has 2 N–H and O–H groups in total. The number of aryl methyl sites for hydroxylation is 1. The smallest absolute Gasteiger partial charge is 0.271 e. The van der Waals surface area contributed by atoms with Crippen molar-refractivity contribution in [2.24, 2.45) is 11.7 Å². The Morgan fingerprint density at radius 3 is 2.69 bits per heavy atom. The lowest BCUT2D eigenvalue weighted by molar-refractivity contribution is 0.0994. The topological polar surface area (TPSA) is 73.8 Å². The summed E-state index contributed by atoms with van der Waals surface area (Å²) in [4.78, 5) is 11.2. The maximum absolute atomic E-state index is 11.2. The highest BCUT2D eigenvalue weighted by Crippen LogP contribution is 2.10. The zero-order chi connectivity index (χ0) is 12.1. The number of aromatic nitrogens is 3. The second-order valence-electron chi connectivity index (χ2n) is 4.40. The molecule has 0 aliphatic heterocycles. The van der Waals surface area contributed by atoms with Gasteiger partial charge in [-0.3, -0.25) is 4.79 Å². The quantitative estimate of drug-likeness (QED) is 0.793. The van der Waals surface area contributed by atoms with E-state index >= 15 is 0 Å². The normalized spacial score (nSPS) is 11.0. The first-order valence-electron chi connectivity index (χ1n) is 5.78. The van der Waals surface area contributed by atoms with Gasteiger partial charge in [0.25, 0.3) is 5.91 Å². The van der Waals surface area contributed by atoms with Crippen LogP contribution in [0.25, 0.3) is 0 Å². The number of hydrogen-bond acceptors (Lipinski definition) is 3. The molecule has 0 aliphatic rings. The molecule has 0 bridgehead atoms. The molecule has 0 aliphatic carbocycles. The first-order chi connectivity index (χ1) is 7.56. The van der Waals surface area contributed by atoms with Gasteiger partial charge in [0.15, 0.2) is 5.69 Å². The molecule has 90 valence electrons. The predicted molar refractivity (Wildman–Crippen MR) is 62.0 cm³/mol. The zero-order valence-electron chi connectivity index (χ0n) is 10.2. The minimum absolute atomic E-state index is 0.325. The van der Waals surface area contributed by atoms with Gasteiger partial charge in [-0.1, -0.05) is 32.4 Å². The fourth-order valence-electron chi connectivity index (χ4n) is 1.57. The molecular weight excluding hydrogens is 204 g/mol. The van der Waals surface area contributed by atoms with Crippen molar-refractivity contribution >= 4 is 5.91 Å². The molecule has 0 radical (unpaired) electrons. The third-order valence-corrected chi connectivity index (χ3v) is 2.48. The molecule has 1 aromatic rings. The van der Waals surface area contributed by atoms with Crippen molar-refractivity contribution in [2.75, 3.05) is 0 Å². The number of nitrogens with zero attached hydrogens (tertiary/aromatic N) is 3. The lowest BCUT2D eigenvalue weighted by Gasteiger charge is -2.07. The van der Waals surface area contributed by atoms with Crippen molar-refractivity contribution in [3.8, 4) is 0 Å². The van der Waals surface area contributed by atoms with E-state index in [2.05, 4.69) is 31.1 Å². The standard InChI is InChI=1S/C11H20N4O/c1-4-5-9-10(11(12)16)13-14-15(9)7-6-8(2)3/h8H,4-7H2,1-3H3,(H2,12,16). The number of nitrogens with two attached hydrogens (primary N) is 1. The highest BCUT2D eigenvalue weighted by Gasteiger charge is 2.16. The van der Waals surface area contributed by atoms with E-state index in [1.165, 1.54) is 0 Å². The predicted octanol–water partition coefficient (Wildman–Crippen LogP) is 1.38. The number of primary amides is 1. The second-order valence-corrected chi connectivity index (χ2v) is 4.40. The maximum Gasteiger partial charge on any atom is 0.271 e. The lowest BCUT2D eigenvalue weighted by Crippen LogP contribution is -2.15. The van der Waals surface area contributed by atoms with Crippen LogP contribution in [0.2, 0.25) is 0 Å². The Morgan fingerprint density at radius 2 is 2.19 bits per heavy atom. The molecule has 0 fully saturated rings. The van der Waals surface area contributed by atoms with E-state index in [1.807, 2.05) is 4.68 Å². The number of hydrogen-bond donors (Lipinski definition) is 1. The molecule has 16 heavy (non-hydrogen) atoms. The fraction of sp³-hybridized carbons (Fsp3) is 0.727. The van der Waals surface area contributed by atoms with Crippen molar-refractivity contribution in [1.29, 1.82) is 0 Å². The Morgan fingerprint density at radius 1 is 1.50 bits per heavy atom. The van der Waals surface area contributed by atoms with E-state index in [9.17, 15) is 4.79 Å². The molecule has 0 spiro atoms. The average molecular weight is 224 g/mol. The molecule has 0 atom stereocenters. The van der Waals surface area contributed by atoms with Gasteiger partial charge >= 0.3 is 0 Å². The molecule has 0 unspecified atom stereocenters. The summed E-state index contributed by atoms with van der Waals surface area (Å²) in [6.45, 7) is 7.18. The Balaban J connectivity index is 2.86. The van der Waals surface area contributed by atoms with Crippen LogP contribution in [0, 0.1) is 5.92 Å². The van der Waals surface area contributed by atoms with Crippen molar-refractivity contribution in [3.63, 3.8) is 0 Å². The van der Waals surface area contributed by atoms with Crippen LogP contribution in [0.4, 0.5) is 0 Å². The van der Waals surface area contributed by atoms with Gasteiger partial charge in [0.05, 0.1) is 5.69 Å². The number of rotatable bonds is 6. The first kappa shape index (κ1) is 12.7. The van der Waals surface area contributed by atoms with E-state index in [-0.39, 0.29) is 0 Å². The Kier molecular flexibility index (Phi) is 4.46. The third kappa shape index (κ3) is 3.05. The molecule has 5 heteroatoms. The van der Waals surface area contributed by atoms with E-state index in [4.69, 9.17) is 5.73 Å². The fourth-order valence-corrected chi connectivity index (χ4v) is 1.57. The van der Waals surface area contributed by atoms with Crippen molar-refractivity contribution < 1.29 is 4.79 Å². The van der Waals surface area contributed by atoms with Gasteiger partial charge in [-0.2, -0.15) is 0 Å². The highest BCUT2D eigenvalue weighted by molar-refractivity contribution is 5.91. The van der Waals surface area contributed by atoms with Crippen LogP contribution in [0.3, 0.4) is 0 Å². The molecule has 0 saturated heterocycles. The third-order valence-electron chi connectivity index (χ3n) is 2.48. The second kappa shape index (κ2) is 5.63. The molecule has 1 heterocycles. The molecule has 1 rings (SSSR count). The molecule has 1 amide bonds. The highest BCUT2D eigenvalue weighted by atomic mass is 16.1. The van der Waals surface area contributed by atoms with Gasteiger partial charge in [-0.05, 0) is 18.8 Å². The Bertz CT molecular complexity index is 357. The van der Waals surface area contributed by atoms with Gasteiger partial charge in [0.2, 0.25) is 0 Å². The van der Waals surface area contributed by atoms with Gasteiger partial charge in [-0.25, -0.2) is 4.68 Å². The summed E-state index contributed by atoms with van der Waals surface area (Å²) in [5.74, 6) is 0.120. The number of amides is 1. The summed E-state index contributed by atoms with van der Waals surface area (Å²) in [7, 11) is 0. The van der Waals surface area contributed by atoms with E-state index < -0.39 is 5.91 Å². The minimum atomic E-state index is -0.487. The minimum Gasteiger partial charge on any atom is -0.364 e. The molecule has 5 nitrogen and oxygen atoms in total. The SMILES string of the molecule is CCCc1c(C(N)=O)nnn1CCC(C)C. The maximum atomic E-state index is 11.2. The summed E-state index contributed by atoms with van der Waals surface area (Å²) in [5.41, 5.74) is 6.45. The summed E-state index contributed by atoms with van der Waals surface area (Å²) in [6, 6.07) is 0. The Labute approximate surface area is 96.0 Å². The van der Waals surface area contributed by atoms with E-state index in [0.29, 0.717) is 11.6 Å². The van der Waals surface area contributed by atoms with Gasteiger partial charge < -0.3 is 5.73 Å². The van der Waals surface area contributed by atoms with Crippen LogP contribution in [0.5, 0.6) is 0 Å². The first-order valence-corrected chi connectivity index (χ1v) is 5.78. The van der Waals surface area contributed by atoms with Crippen LogP contribution >= 0.6 is 0 Å².